The van der Waals surface area contributed by atoms with Crippen molar-refractivity contribution in [2.75, 3.05) is 40.9 Å². The van der Waals surface area contributed by atoms with E-state index in [1.165, 1.54) is 44.9 Å². The van der Waals surface area contributed by atoms with Gasteiger partial charge in [0.2, 0.25) is 5.91 Å². The first-order chi connectivity index (χ1) is 25.8. The van der Waals surface area contributed by atoms with Crippen LogP contribution in [0.3, 0.4) is 0 Å². The second-order valence-corrected chi connectivity index (χ2v) is 16.1. The summed E-state index contributed by atoms with van der Waals surface area (Å²) in [5.41, 5.74) is 0. The van der Waals surface area contributed by atoms with Crippen molar-refractivity contribution in [1.82, 2.24) is 5.32 Å². The maximum Gasteiger partial charge on any atom is 0.268 e. The van der Waals surface area contributed by atoms with Crippen LogP contribution >= 0.6 is 7.82 Å². The molecule has 0 radical (unpaired) electrons. The number of nitrogens with zero attached hydrogens (tertiary/aromatic N) is 1. The van der Waals surface area contributed by atoms with Gasteiger partial charge < -0.3 is 39.1 Å². The van der Waals surface area contributed by atoms with Crippen LogP contribution in [0.5, 0.6) is 0 Å². The topological polar surface area (TPSA) is 148 Å². The van der Waals surface area contributed by atoms with E-state index in [9.17, 15) is 29.6 Å². The van der Waals surface area contributed by atoms with Crippen LogP contribution in [0.15, 0.2) is 85.1 Å². The highest BCUT2D eigenvalue weighted by atomic mass is 31.2. The lowest BCUT2D eigenvalue weighted by molar-refractivity contribution is -0.870. The van der Waals surface area contributed by atoms with Crippen molar-refractivity contribution in [3.63, 3.8) is 0 Å². The molecule has 1 amide bonds. The van der Waals surface area contributed by atoms with Crippen LogP contribution in [-0.4, -0.2) is 91.0 Å². The van der Waals surface area contributed by atoms with Gasteiger partial charge in [0.15, 0.2) is 0 Å². The Kier molecular flexibility index (Phi) is 32.4. The molecule has 4 N–H and O–H groups in total. The molecule has 0 fully saturated rings. The van der Waals surface area contributed by atoms with E-state index < -0.39 is 38.8 Å². The predicted octanol–water partition coefficient (Wildman–Crippen LogP) is 7.94. The standard InChI is InChI=1S/C43H75N2O8P/c1-6-8-10-11-12-13-14-15-19-22-28-34-42(48)41(38-53-54(50,51)52-37-36-45(3,4)5)44-43(49)35-29-23-27-33-40(47)32-26-21-18-16-17-20-25-31-39(46)30-24-9-7-2/h9,17-18,20-21,24-28,31-34,39-42,46-48H,6-8,10-16,19,22-23,29-30,35-38H2,1-5H3,(H-,44,49,50,51)/b20-17-,21-18-,24-9-,31-25+,32-26+,33-27-,34-28+/t39-,40-,41-,42+/m0/s1. The van der Waals surface area contributed by atoms with Crippen LogP contribution in [0.2, 0.25) is 0 Å². The number of aliphatic hydroxyl groups excluding tert-OH is 3. The van der Waals surface area contributed by atoms with E-state index in [-0.39, 0.29) is 18.9 Å². The molecule has 0 aromatic carbocycles. The number of carbonyl (C=O) groups is 1. The van der Waals surface area contributed by atoms with Crippen LogP contribution in [0.25, 0.3) is 0 Å². The molecule has 0 aromatic rings. The number of allylic oxidation sites excluding steroid dienone is 9. The van der Waals surface area contributed by atoms with Crippen LogP contribution in [0.4, 0.5) is 0 Å². The number of quaternary nitrogens is 1. The van der Waals surface area contributed by atoms with Crippen molar-refractivity contribution in [3.8, 4) is 0 Å². The highest BCUT2D eigenvalue weighted by Crippen LogP contribution is 2.38. The first-order valence-electron chi connectivity index (χ1n) is 20.2. The highest BCUT2D eigenvalue weighted by molar-refractivity contribution is 7.45. The largest absolute Gasteiger partial charge is 0.756 e. The molecule has 0 aromatic heterocycles. The van der Waals surface area contributed by atoms with Crippen molar-refractivity contribution in [2.45, 2.75) is 141 Å². The van der Waals surface area contributed by atoms with Crippen molar-refractivity contribution in [2.24, 2.45) is 0 Å². The number of nitrogens with one attached hydrogen (secondary N) is 1. The van der Waals surface area contributed by atoms with E-state index in [4.69, 9.17) is 9.05 Å². The van der Waals surface area contributed by atoms with Gasteiger partial charge in [-0.1, -0.05) is 150 Å². The van der Waals surface area contributed by atoms with Crippen molar-refractivity contribution in [3.05, 3.63) is 85.1 Å². The van der Waals surface area contributed by atoms with Gasteiger partial charge in [-0.05, 0) is 44.9 Å². The van der Waals surface area contributed by atoms with Crippen molar-refractivity contribution < 1.29 is 43.1 Å². The first-order valence-corrected chi connectivity index (χ1v) is 21.6. The number of likely N-dealkylation sites (N-methyl/N-ethyl adjacent to an activating group) is 1. The summed E-state index contributed by atoms with van der Waals surface area (Å²) >= 11 is 0. The van der Waals surface area contributed by atoms with Crippen molar-refractivity contribution >= 4 is 13.7 Å². The molecule has 310 valence electrons. The fraction of sp³-hybridized carbons (Fsp3) is 0.651. The lowest BCUT2D eigenvalue weighted by atomic mass is 10.1. The van der Waals surface area contributed by atoms with E-state index in [0.717, 1.165) is 32.1 Å². The van der Waals surface area contributed by atoms with Gasteiger partial charge >= 0.3 is 0 Å². The quantitative estimate of drug-likeness (QED) is 0.0169. The number of carbonyl (C=O) groups excluding carboxylic acids is 1. The number of hydrogen-bond donors (Lipinski definition) is 4. The monoisotopic (exact) mass is 779 g/mol. The van der Waals surface area contributed by atoms with Gasteiger partial charge in [0.1, 0.15) is 13.2 Å². The van der Waals surface area contributed by atoms with Crippen LogP contribution in [0.1, 0.15) is 117 Å². The second kappa shape index (κ2) is 33.9. The fourth-order valence-corrected chi connectivity index (χ4v) is 5.73. The molecule has 0 aliphatic carbocycles. The number of amides is 1. The number of phosphoric acid groups is 1. The summed E-state index contributed by atoms with van der Waals surface area (Å²) in [4.78, 5) is 25.2. The molecule has 0 heterocycles. The molecule has 0 saturated carbocycles. The van der Waals surface area contributed by atoms with Crippen molar-refractivity contribution in [1.29, 1.82) is 0 Å². The summed E-state index contributed by atoms with van der Waals surface area (Å²) in [7, 11) is 1.11. The van der Waals surface area contributed by atoms with E-state index in [2.05, 4.69) is 19.2 Å². The zero-order valence-corrected chi connectivity index (χ0v) is 35.0. The summed E-state index contributed by atoms with van der Waals surface area (Å²) in [6.07, 6.45) is 38.5. The lowest BCUT2D eigenvalue weighted by Crippen LogP contribution is -2.45. The van der Waals surface area contributed by atoms with E-state index in [1.807, 2.05) is 69.8 Å². The van der Waals surface area contributed by atoms with Gasteiger partial charge in [-0.25, -0.2) is 0 Å². The Labute approximate surface area is 328 Å². The number of unbranched alkanes of at least 4 members (excludes halogenated alkanes) is 10. The zero-order valence-electron chi connectivity index (χ0n) is 34.1. The van der Waals surface area contributed by atoms with Crippen LogP contribution in [-0.2, 0) is 18.4 Å². The van der Waals surface area contributed by atoms with E-state index in [1.54, 1.807) is 36.5 Å². The maximum atomic E-state index is 12.8. The third-order valence-corrected chi connectivity index (χ3v) is 9.25. The fourth-order valence-electron chi connectivity index (χ4n) is 5.01. The summed E-state index contributed by atoms with van der Waals surface area (Å²) in [5, 5.41) is 33.6. The predicted molar refractivity (Wildman–Crippen MR) is 222 cm³/mol. The Morgan fingerprint density at radius 1 is 0.741 bits per heavy atom. The molecule has 5 atom stereocenters. The molecule has 0 aliphatic rings. The highest BCUT2D eigenvalue weighted by Gasteiger charge is 2.23. The Bertz CT molecular complexity index is 1190. The van der Waals surface area contributed by atoms with Crippen LogP contribution < -0.4 is 10.2 Å². The number of phosphoric ester groups is 1. The number of rotatable bonds is 34. The zero-order chi connectivity index (χ0) is 40.3. The molecular formula is C43H75N2O8P. The molecule has 0 bridgehead atoms. The Morgan fingerprint density at radius 3 is 2.00 bits per heavy atom. The molecule has 0 rings (SSSR count). The molecule has 0 saturated heterocycles. The summed E-state index contributed by atoms with van der Waals surface area (Å²) in [5.74, 6) is -0.342. The van der Waals surface area contributed by atoms with Gasteiger partial charge in [0, 0.05) is 6.42 Å². The smallest absolute Gasteiger partial charge is 0.268 e. The lowest BCUT2D eigenvalue weighted by Gasteiger charge is -2.29. The minimum Gasteiger partial charge on any atom is -0.756 e. The molecule has 1 unspecified atom stereocenters. The van der Waals surface area contributed by atoms with Crippen LogP contribution in [0, 0.1) is 0 Å². The molecular weight excluding hydrogens is 703 g/mol. The van der Waals surface area contributed by atoms with Gasteiger partial charge in [0.05, 0.1) is 52.1 Å². The van der Waals surface area contributed by atoms with Gasteiger partial charge in [-0.2, -0.15) is 0 Å². The minimum absolute atomic E-state index is 0.0438. The van der Waals surface area contributed by atoms with Gasteiger partial charge in [0.25, 0.3) is 7.82 Å². The molecule has 10 nitrogen and oxygen atoms in total. The minimum atomic E-state index is -4.64. The maximum absolute atomic E-state index is 12.8. The molecule has 0 aliphatic heterocycles. The summed E-state index contributed by atoms with van der Waals surface area (Å²) in [6.45, 7) is 4.24. The molecule has 54 heavy (non-hydrogen) atoms. The SMILES string of the molecule is CC/C=C\C[C@H](O)/C=C/C=C\C/C=C\C=C\[C@H](O)/C=C\CCCC(=O)N[C@@H](COP(=O)([O-])OCC[N+](C)(C)C)[C@H](O)/C=C/CCCCCCCCCCC. The number of hydrogen-bond acceptors (Lipinski definition) is 8. The number of aliphatic hydroxyl groups is 3. The van der Waals surface area contributed by atoms with Gasteiger partial charge in [-0.15, -0.1) is 0 Å². The third kappa shape index (κ3) is 35.3. The third-order valence-electron chi connectivity index (χ3n) is 8.29. The average Bonchev–Trinajstić information content (AvgIpc) is 3.10. The van der Waals surface area contributed by atoms with E-state index in [0.29, 0.717) is 30.3 Å². The molecule has 0 spiro atoms. The van der Waals surface area contributed by atoms with Gasteiger partial charge in [-0.3, -0.25) is 9.36 Å². The molecule has 11 heteroatoms. The Hall–Kier alpha value is -2.40. The summed E-state index contributed by atoms with van der Waals surface area (Å²) < 4.78 is 23.0. The normalized spacial score (nSPS) is 16.5. The first kappa shape index (κ1) is 51.6. The Balaban J connectivity index is 4.77. The Morgan fingerprint density at radius 2 is 1.35 bits per heavy atom. The second-order valence-electron chi connectivity index (χ2n) is 14.7. The average molecular weight is 779 g/mol. The van der Waals surface area contributed by atoms with E-state index >= 15 is 0 Å². The summed E-state index contributed by atoms with van der Waals surface area (Å²) in [6, 6.07) is -0.977.